The smallest absolute Gasteiger partial charge is 0.322 e. The fourth-order valence-corrected chi connectivity index (χ4v) is 4.08. The lowest BCUT2D eigenvalue weighted by atomic mass is 10.00. The van der Waals surface area contributed by atoms with Gasteiger partial charge in [-0.05, 0) is 13.3 Å². The molecule has 1 saturated heterocycles. The van der Waals surface area contributed by atoms with Gasteiger partial charge < -0.3 is 5.32 Å². The van der Waals surface area contributed by atoms with E-state index in [0.717, 1.165) is 27.0 Å². The van der Waals surface area contributed by atoms with Crippen LogP contribution in [-0.4, -0.2) is 44.3 Å². The van der Waals surface area contributed by atoms with Crippen LogP contribution in [0.5, 0.6) is 0 Å². The minimum Gasteiger partial charge on any atom is -0.322 e. The zero-order valence-electron chi connectivity index (χ0n) is 17.1. The van der Waals surface area contributed by atoms with E-state index < -0.39 is 23.4 Å². The fraction of sp³-hybridized carbons (Fsp3) is 0.227. The number of rotatable bonds is 6. The molecule has 0 aliphatic carbocycles. The van der Waals surface area contributed by atoms with Crippen molar-refractivity contribution >= 4 is 40.4 Å². The number of imide groups is 1. The number of hydrogen-bond donors (Lipinski definition) is 2. The van der Waals surface area contributed by atoms with Crippen molar-refractivity contribution in [2.75, 3.05) is 5.75 Å². The van der Waals surface area contributed by atoms with Crippen LogP contribution in [0.3, 0.4) is 0 Å². The predicted molar refractivity (Wildman–Crippen MR) is 118 cm³/mol. The van der Waals surface area contributed by atoms with Gasteiger partial charge in [-0.3, -0.25) is 15.0 Å². The number of amides is 4. The summed E-state index contributed by atoms with van der Waals surface area (Å²) in [6.07, 6.45) is 0.425. The lowest BCUT2D eigenvalue weighted by Crippen LogP contribution is -2.49. The number of carbonyl (C=O) groups excluding carboxylic acids is 3. The summed E-state index contributed by atoms with van der Waals surface area (Å²) in [6.45, 7) is 3.42. The van der Waals surface area contributed by atoms with Crippen LogP contribution in [0, 0.1) is 0 Å². The summed E-state index contributed by atoms with van der Waals surface area (Å²) in [5.41, 5.74) is 3.10. The number of nitrogens with one attached hydrogen (secondary N) is 2. The second-order valence-corrected chi connectivity index (χ2v) is 8.31. The highest BCUT2D eigenvalue weighted by molar-refractivity contribution is 8.00. The number of fused-ring (bicyclic) bond motifs is 1. The van der Waals surface area contributed by atoms with E-state index in [9.17, 15) is 14.4 Å². The molecule has 0 spiro atoms. The maximum Gasteiger partial charge on any atom is 0.344 e. The summed E-state index contributed by atoms with van der Waals surface area (Å²) in [5, 5.41) is 14.5. The van der Waals surface area contributed by atoms with Crippen molar-refractivity contribution in [1.82, 2.24) is 25.9 Å². The number of urea groups is 1. The van der Waals surface area contributed by atoms with E-state index >= 15 is 0 Å². The van der Waals surface area contributed by atoms with Crippen molar-refractivity contribution in [3.8, 4) is 11.3 Å². The Kier molecular flexibility index (Phi) is 5.60. The average Bonchev–Trinajstić information content (AvgIpc) is 3.01. The molecule has 0 unspecified atom stereocenters. The van der Waals surface area contributed by atoms with Gasteiger partial charge in [0.1, 0.15) is 16.3 Å². The highest BCUT2D eigenvalue weighted by Crippen LogP contribution is 2.31. The van der Waals surface area contributed by atoms with Gasteiger partial charge in [0.2, 0.25) is 5.91 Å². The molecule has 2 aromatic carbocycles. The Hall–Kier alpha value is -3.46. The number of hydrazine groups is 1. The summed E-state index contributed by atoms with van der Waals surface area (Å²) in [5.74, 6) is -0.980. The Morgan fingerprint density at radius 3 is 2.42 bits per heavy atom. The monoisotopic (exact) mass is 435 g/mol. The maximum absolute atomic E-state index is 12.4. The SMILES string of the molecule is CC[C@]1(C)NC(=O)N(NC(=O)CSc2nnc(-c3ccccc3)c3ccccc23)C1=O. The molecule has 8 nitrogen and oxygen atoms in total. The molecule has 158 valence electrons. The maximum atomic E-state index is 12.4. The molecule has 2 heterocycles. The minimum atomic E-state index is -1.01. The Morgan fingerprint density at radius 2 is 1.74 bits per heavy atom. The molecule has 1 aliphatic heterocycles. The number of nitrogens with zero attached hydrogens (tertiary/aromatic N) is 3. The second-order valence-electron chi connectivity index (χ2n) is 7.35. The molecule has 4 rings (SSSR count). The topological polar surface area (TPSA) is 104 Å². The molecule has 31 heavy (non-hydrogen) atoms. The number of carbonyl (C=O) groups is 3. The molecule has 1 fully saturated rings. The largest absolute Gasteiger partial charge is 0.344 e. The van der Waals surface area contributed by atoms with Gasteiger partial charge >= 0.3 is 6.03 Å². The van der Waals surface area contributed by atoms with Crippen molar-refractivity contribution in [3.63, 3.8) is 0 Å². The molecular weight excluding hydrogens is 414 g/mol. The highest BCUT2D eigenvalue weighted by atomic mass is 32.2. The van der Waals surface area contributed by atoms with Crippen LogP contribution in [0.4, 0.5) is 4.79 Å². The molecule has 0 saturated carbocycles. The van der Waals surface area contributed by atoms with Gasteiger partial charge in [-0.15, -0.1) is 10.2 Å². The molecule has 3 aromatic rings. The Bertz CT molecular complexity index is 1170. The zero-order chi connectivity index (χ0) is 22.0. The molecule has 4 amide bonds. The van der Waals surface area contributed by atoms with Crippen molar-refractivity contribution in [2.45, 2.75) is 30.8 Å². The van der Waals surface area contributed by atoms with Crippen molar-refractivity contribution < 1.29 is 14.4 Å². The molecule has 1 atom stereocenters. The first-order chi connectivity index (χ1) is 14.9. The van der Waals surface area contributed by atoms with Crippen molar-refractivity contribution in [1.29, 1.82) is 0 Å². The molecule has 1 aromatic heterocycles. The van der Waals surface area contributed by atoms with E-state index in [0.29, 0.717) is 11.4 Å². The first-order valence-electron chi connectivity index (χ1n) is 9.83. The second kappa shape index (κ2) is 8.35. The van der Waals surface area contributed by atoms with Gasteiger partial charge in [0.15, 0.2) is 0 Å². The van der Waals surface area contributed by atoms with Crippen LogP contribution in [0.2, 0.25) is 0 Å². The first kappa shape index (κ1) is 20.8. The fourth-order valence-electron chi connectivity index (χ4n) is 3.31. The highest BCUT2D eigenvalue weighted by Gasteiger charge is 2.47. The van der Waals surface area contributed by atoms with E-state index in [-0.39, 0.29) is 5.75 Å². The number of thioether (sulfide) groups is 1. The summed E-state index contributed by atoms with van der Waals surface area (Å²) < 4.78 is 0. The van der Waals surface area contributed by atoms with Gasteiger partial charge in [0.25, 0.3) is 5.91 Å². The van der Waals surface area contributed by atoms with Crippen molar-refractivity contribution in [2.24, 2.45) is 0 Å². The summed E-state index contributed by atoms with van der Waals surface area (Å²) >= 11 is 1.20. The van der Waals surface area contributed by atoms with Gasteiger partial charge in [-0.1, -0.05) is 73.3 Å². The van der Waals surface area contributed by atoms with Crippen LogP contribution in [0.1, 0.15) is 20.3 Å². The third kappa shape index (κ3) is 3.96. The number of hydrogen-bond acceptors (Lipinski definition) is 6. The Balaban J connectivity index is 1.51. The lowest BCUT2D eigenvalue weighted by molar-refractivity contribution is -0.137. The quantitative estimate of drug-likeness (QED) is 0.455. The molecule has 9 heteroatoms. The molecular formula is C22H21N5O3S. The van der Waals surface area contributed by atoms with Crippen LogP contribution in [-0.2, 0) is 9.59 Å². The van der Waals surface area contributed by atoms with Crippen LogP contribution in [0.25, 0.3) is 22.0 Å². The summed E-state index contributed by atoms with van der Waals surface area (Å²) in [4.78, 5) is 36.9. The first-order valence-corrected chi connectivity index (χ1v) is 10.8. The van der Waals surface area contributed by atoms with E-state index in [2.05, 4.69) is 20.9 Å². The van der Waals surface area contributed by atoms with Gasteiger partial charge in [0, 0.05) is 16.3 Å². The van der Waals surface area contributed by atoms with Crippen molar-refractivity contribution in [3.05, 3.63) is 54.6 Å². The number of aromatic nitrogens is 2. The summed E-state index contributed by atoms with van der Waals surface area (Å²) in [6, 6.07) is 16.9. The normalized spacial score (nSPS) is 18.3. The minimum absolute atomic E-state index is 0.0245. The predicted octanol–water partition coefficient (Wildman–Crippen LogP) is 3.14. The third-order valence-electron chi connectivity index (χ3n) is 5.25. The Morgan fingerprint density at radius 1 is 1.06 bits per heavy atom. The number of benzene rings is 2. The van der Waals surface area contributed by atoms with Gasteiger partial charge in [0.05, 0.1) is 5.75 Å². The van der Waals surface area contributed by atoms with E-state index in [1.807, 2.05) is 54.6 Å². The van der Waals surface area contributed by atoms with E-state index in [1.165, 1.54) is 11.8 Å². The molecule has 0 radical (unpaired) electrons. The molecule has 2 N–H and O–H groups in total. The standard InChI is InChI=1S/C22H21N5O3S/c1-3-22(2)20(29)27(21(30)23-22)26-17(28)13-31-19-16-12-8-7-11-15(16)18(24-25-19)14-9-5-4-6-10-14/h4-12H,3,13H2,1-2H3,(H,23,30)(H,26,28)/t22-/m0/s1. The van der Waals surface area contributed by atoms with Gasteiger partial charge in [-0.25, -0.2) is 4.79 Å². The van der Waals surface area contributed by atoms with Gasteiger partial charge in [-0.2, -0.15) is 5.01 Å². The van der Waals surface area contributed by atoms with Crippen LogP contribution >= 0.6 is 11.8 Å². The lowest BCUT2D eigenvalue weighted by Gasteiger charge is -2.19. The molecule has 1 aliphatic rings. The average molecular weight is 436 g/mol. The van der Waals surface area contributed by atoms with Crippen LogP contribution < -0.4 is 10.7 Å². The zero-order valence-corrected chi connectivity index (χ0v) is 17.9. The van der Waals surface area contributed by atoms with E-state index in [4.69, 9.17) is 0 Å². The van der Waals surface area contributed by atoms with E-state index in [1.54, 1.807) is 13.8 Å². The summed E-state index contributed by atoms with van der Waals surface area (Å²) in [7, 11) is 0. The Labute approximate surface area is 183 Å². The third-order valence-corrected chi connectivity index (χ3v) is 6.23. The van der Waals surface area contributed by atoms with Crippen LogP contribution in [0.15, 0.2) is 59.6 Å². The molecule has 0 bridgehead atoms.